The Morgan fingerprint density at radius 2 is 2.14 bits per heavy atom. The van der Waals surface area contributed by atoms with Crippen molar-refractivity contribution < 1.29 is 9.66 Å². The van der Waals surface area contributed by atoms with E-state index in [1.54, 1.807) is 0 Å². The number of halogens is 3. The van der Waals surface area contributed by atoms with Crippen LogP contribution in [0, 0.1) is 10.1 Å². The van der Waals surface area contributed by atoms with E-state index in [9.17, 15) is 10.1 Å². The van der Waals surface area contributed by atoms with E-state index in [1.165, 1.54) is 0 Å². The molecule has 0 radical (unpaired) electrons. The number of nitrogens with zero attached hydrogens (tertiary/aromatic N) is 1. The van der Waals surface area contributed by atoms with E-state index in [0.29, 0.717) is 13.2 Å². The van der Waals surface area contributed by atoms with Crippen LogP contribution in [0.1, 0.15) is 0 Å². The maximum atomic E-state index is 10.6. The first-order valence-corrected chi connectivity index (χ1v) is 4.64. The Morgan fingerprint density at radius 3 is 2.50 bits per heavy atom. The maximum absolute atomic E-state index is 10.6. The summed E-state index contributed by atoms with van der Waals surface area (Å²) in [5, 5.41) is 12.9. The fourth-order valence-corrected chi connectivity index (χ4v) is 1.21. The van der Waals surface area contributed by atoms with Gasteiger partial charge in [-0.1, -0.05) is 34.8 Å². The van der Waals surface area contributed by atoms with Crippen LogP contribution < -0.4 is 5.32 Å². The molecule has 14 heavy (non-hydrogen) atoms. The molecule has 5 nitrogen and oxygen atoms in total. The number of allylic oxidation sites excluding steroid dienone is 1. The lowest BCUT2D eigenvalue weighted by molar-refractivity contribution is -0.423. The van der Waals surface area contributed by atoms with E-state index >= 15 is 0 Å². The molecule has 1 N–H and O–H groups in total. The van der Waals surface area contributed by atoms with E-state index in [-0.39, 0.29) is 15.4 Å². The predicted molar refractivity (Wildman–Crippen MR) is 52.6 cm³/mol. The SMILES string of the molecule is O=[N+]([O-])C(=C1NCCO1)C(Cl)=C(Cl)Cl. The number of nitro groups is 1. The quantitative estimate of drug-likeness (QED) is 0.608. The lowest BCUT2D eigenvalue weighted by Crippen LogP contribution is -2.13. The lowest BCUT2D eigenvalue weighted by atomic mass is 10.4. The van der Waals surface area contributed by atoms with Crippen LogP contribution in [0.25, 0.3) is 0 Å². The Hall–Kier alpha value is -0.650. The first-order chi connectivity index (χ1) is 6.54. The molecule has 1 saturated heterocycles. The largest absolute Gasteiger partial charge is 0.472 e. The zero-order chi connectivity index (χ0) is 10.7. The molecular weight excluding hydrogens is 254 g/mol. The molecule has 78 valence electrons. The molecule has 8 heteroatoms. The average molecular weight is 259 g/mol. The summed E-state index contributed by atoms with van der Waals surface area (Å²) >= 11 is 16.2. The van der Waals surface area contributed by atoms with E-state index in [4.69, 9.17) is 39.5 Å². The Balaban J connectivity index is 3.13. The van der Waals surface area contributed by atoms with Gasteiger partial charge in [-0.3, -0.25) is 10.1 Å². The number of ether oxygens (including phenoxy) is 1. The molecule has 1 fully saturated rings. The van der Waals surface area contributed by atoms with Gasteiger partial charge in [-0.15, -0.1) is 0 Å². The standard InChI is InChI=1S/C6H5Cl3N2O3/c7-3(5(8)9)4(11(12)13)6-10-1-2-14-6/h10H,1-2H2. The fourth-order valence-electron chi connectivity index (χ4n) is 0.873. The second-order valence-corrected chi connectivity index (χ2v) is 3.61. The Kier molecular flexibility index (Phi) is 3.86. The molecule has 1 aliphatic heterocycles. The molecular formula is C6H5Cl3N2O3. The van der Waals surface area contributed by atoms with Gasteiger partial charge in [0.05, 0.1) is 11.5 Å². The van der Waals surface area contributed by atoms with Crippen LogP contribution in [0.15, 0.2) is 21.1 Å². The number of nitrogens with one attached hydrogen (secondary N) is 1. The molecule has 0 saturated carbocycles. The van der Waals surface area contributed by atoms with Gasteiger partial charge in [0.1, 0.15) is 11.1 Å². The molecule has 1 heterocycles. The highest BCUT2D eigenvalue weighted by Gasteiger charge is 2.28. The number of hydrogen-bond acceptors (Lipinski definition) is 4. The van der Waals surface area contributed by atoms with Crippen molar-refractivity contribution in [3.63, 3.8) is 0 Å². The van der Waals surface area contributed by atoms with Crippen LogP contribution >= 0.6 is 34.8 Å². The predicted octanol–water partition coefficient (Wildman–Crippen LogP) is 1.94. The van der Waals surface area contributed by atoms with E-state index < -0.39 is 10.6 Å². The highest BCUT2D eigenvalue weighted by atomic mass is 35.5. The summed E-state index contributed by atoms with van der Waals surface area (Å²) in [6, 6.07) is 0. The van der Waals surface area contributed by atoms with Crippen LogP contribution in [-0.4, -0.2) is 18.1 Å². The molecule has 1 aliphatic rings. The third-order valence-electron chi connectivity index (χ3n) is 1.41. The van der Waals surface area contributed by atoms with Gasteiger partial charge in [0.2, 0.25) is 0 Å². The maximum Gasteiger partial charge on any atom is 0.349 e. The van der Waals surface area contributed by atoms with E-state index in [2.05, 4.69) is 5.32 Å². The Bertz CT molecular complexity index is 314. The van der Waals surface area contributed by atoms with Crippen molar-refractivity contribution >= 4 is 34.8 Å². The van der Waals surface area contributed by atoms with Crippen LogP contribution in [-0.2, 0) is 4.74 Å². The smallest absolute Gasteiger partial charge is 0.349 e. The van der Waals surface area contributed by atoms with Gasteiger partial charge in [0.25, 0.3) is 5.88 Å². The second-order valence-electron chi connectivity index (χ2n) is 2.28. The first kappa shape index (κ1) is 11.4. The summed E-state index contributed by atoms with van der Waals surface area (Å²) < 4.78 is 4.57. The third-order valence-corrected chi connectivity index (χ3v) is 2.34. The first-order valence-electron chi connectivity index (χ1n) is 3.50. The summed E-state index contributed by atoms with van der Waals surface area (Å²) in [5.74, 6) is -0.0150. The highest BCUT2D eigenvalue weighted by Crippen LogP contribution is 2.27. The van der Waals surface area contributed by atoms with Crippen LogP contribution in [0.3, 0.4) is 0 Å². The summed E-state index contributed by atoms with van der Waals surface area (Å²) in [6.45, 7) is 0.827. The van der Waals surface area contributed by atoms with Gasteiger partial charge in [0, 0.05) is 0 Å². The summed E-state index contributed by atoms with van der Waals surface area (Å²) in [4.78, 5) is 9.92. The van der Waals surface area contributed by atoms with Gasteiger partial charge >= 0.3 is 5.70 Å². The van der Waals surface area contributed by atoms with Crippen LogP contribution in [0.2, 0.25) is 0 Å². The lowest BCUT2D eigenvalue weighted by Gasteiger charge is -2.01. The van der Waals surface area contributed by atoms with Crippen molar-refractivity contribution in [1.29, 1.82) is 0 Å². The topological polar surface area (TPSA) is 64.4 Å². The van der Waals surface area contributed by atoms with Gasteiger partial charge < -0.3 is 10.1 Å². The molecule has 0 bridgehead atoms. The van der Waals surface area contributed by atoms with Crippen molar-refractivity contribution in [1.82, 2.24) is 5.32 Å². The molecule has 0 aromatic rings. The molecule has 0 aliphatic carbocycles. The minimum Gasteiger partial charge on any atom is -0.472 e. The molecule has 0 aromatic heterocycles. The van der Waals surface area contributed by atoms with E-state index in [1.807, 2.05) is 0 Å². The monoisotopic (exact) mass is 258 g/mol. The zero-order valence-corrected chi connectivity index (χ0v) is 8.99. The fraction of sp³-hybridized carbons (Fsp3) is 0.333. The van der Waals surface area contributed by atoms with Gasteiger partial charge in [-0.2, -0.15) is 0 Å². The van der Waals surface area contributed by atoms with Crippen molar-refractivity contribution in [2.75, 3.05) is 13.2 Å². The van der Waals surface area contributed by atoms with E-state index in [0.717, 1.165) is 0 Å². The minimum atomic E-state index is -0.708. The average Bonchev–Trinajstić information content (AvgIpc) is 2.56. The number of rotatable bonds is 2. The van der Waals surface area contributed by atoms with Gasteiger partial charge in [-0.05, 0) is 0 Å². The third kappa shape index (κ3) is 2.43. The zero-order valence-electron chi connectivity index (χ0n) is 6.72. The molecule has 0 unspecified atom stereocenters. The summed E-state index contributed by atoms with van der Waals surface area (Å²) in [6.07, 6.45) is 0. The molecule has 0 spiro atoms. The van der Waals surface area contributed by atoms with Crippen LogP contribution in [0.4, 0.5) is 0 Å². The molecule has 1 rings (SSSR count). The van der Waals surface area contributed by atoms with Crippen molar-refractivity contribution in [2.45, 2.75) is 0 Å². The van der Waals surface area contributed by atoms with Gasteiger partial charge in [-0.25, -0.2) is 0 Å². The molecule has 0 aromatic carbocycles. The number of hydrogen-bond donors (Lipinski definition) is 1. The summed E-state index contributed by atoms with van der Waals surface area (Å²) in [7, 11) is 0. The van der Waals surface area contributed by atoms with Crippen molar-refractivity contribution in [3.8, 4) is 0 Å². The van der Waals surface area contributed by atoms with Crippen molar-refractivity contribution in [3.05, 3.63) is 31.2 Å². The molecule has 0 atom stereocenters. The highest BCUT2D eigenvalue weighted by molar-refractivity contribution is 6.59. The Morgan fingerprint density at radius 1 is 1.50 bits per heavy atom. The normalized spacial score (nSPS) is 18.2. The second kappa shape index (κ2) is 4.72. The van der Waals surface area contributed by atoms with Crippen LogP contribution in [0.5, 0.6) is 0 Å². The van der Waals surface area contributed by atoms with Crippen molar-refractivity contribution in [2.24, 2.45) is 0 Å². The summed E-state index contributed by atoms with van der Waals surface area (Å²) in [5.41, 5.74) is -0.454. The minimum absolute atomic E-state index is 0.0150. The van der Waals surface area contributed by atoms with Gasteiger partial charge in [0.15, 0.2) is 5.03 Å². The molecule has 0 amide bonds. The Labute approximate surface area is 94.4 Å².